The number of carbonyl (C=O) groups is 2. The van der Waals surface area contributed by atoms with Gasteiger partial charge in [-0.1, -0.05) is 30.3 Å². The molecule has 1 aliphatic rings. The standard InChI is InChI=1S/C23H24N4O4S2/c1-15(28)24-18-7-9-19(10-8-18)33(31)27-13-11-17(12-14-27)23-25-20(16-5-3-2-4-6-16)21(32-23)22(29)26-30/h2-10,17,30H,11-14H2,1H3,(H,24,28)(H,26,29). The van der Waals surface area contributed by atoms with Gasteiger partial charge in [-0.05, 0) is 37.1 Å². The number of hydrogen-bond donors (Lipinski definition) is 3. The van der Waals surface area contributed by atoms with Gasteiger partial charge in [-0.25, -0.2) is 19.0 Å². The van der Waals surface area contributed by atoms with Crippen molar-refractivity contribution in [3.8, 4) is 11.3 Å². The predicted molar refractivity (Wildman–Crippen MR) is 128 cm³/mol. The third-order valence-electron chi connectivity index (χ3n) is 5.41. The highest BCUT2D eigenvalue weighted by atomic mass is 32.2. The fourth-order valence-electron chi connectivity index (χ4n) is 3.78. The fourth-order valence-corrected chi connectivity index (χ4v) is 6.14. The maximum absolute atomic E-state index is 13.0. The van der Waals surface area contributed by atoms with Crippen LogP contribution in [-0.4, -0.2) is 43.6 Å². The van der Waals surface area contributed by atoms with Crippen molar-refractivity contribution in [2.24, 2.45) is 0 Å². The molecule has 1 saturated heterocycles. The summed E-state index contributed by atoms with van der Waals surface area (Å²) in [5.74, 6) is -0.574. The number of hydrogen-bond acceptors (Lipinski definition) is 6. The molecule has 10 heteroatoms. The second kappa shape index (κ2) is 10.3. The van der Waals surface area contributed by atoms with E-state index >= 15 is 0 Å². The monoisotopic (exact) mass is 484 g/mol. The number of rotatable bonds is 6. The summed E-state index contributed by atoms with van der Waals surface area (Å²) in [5.41, 5.74) is 3.77. The van der Waals surface area contributed by atoms with E-state index < -0.39 is 16.9 Å². The maximum Gasteiger partial charge on any atom is 0.287 e. The van der Waals surface area contributed by atoms with E-state index in [9.17, 15) is 13.8 Å². The largest absolute Gasteiger partial charge is 0.326 e. The Hall–Kier alpha value is -2.92. The van der Waals surface area contributed by atoms with Crippen molar-refractivity contribution in [3.05, 3.63) is 64.5 Å². The van der Waals surface area contributed by atoms with Crippen LogP contribution in [0.1, 0.15) is 40.4 Å². The van der Waals surface area contributed by atoms with Crippen molar-refractivity contribution in [1.82, 2.24) is 14.8 Å². The van der Waals surface area contributed by atoms with Crippen LogP contribution in [0.25, 0.3) is 11.3 Å². The Kier molecular flexibility index (Phi) is 7.29. The van der Waals surface area contributed by atoms with Crippen LogP contribution in [-0.2, 0) is 15.8 Å². The van der Waals surface area contributed by atoms with Gasteiger partial charge < -0.3 is 5.32 Å². The molecule has 1 fully saturated rings. The lowest BCUT2D eigenvalue weighted by atomic mass is 9.99. The highest BCUT2D eigenvalue weighted by molar-refractivity contribution is 7.82. The molecule has 2 amide bonds. The van der Waals surface area contributed by atoms with E-state index in [4.69, 9.17) is 10.2 Å². The van der Waals surface area contributed by atoms with Gasteiger partial charge in [0, 0.05) is 37.2 Å². The number of piperidine rings is 1. The van der Waals surface area contributed by atoms with Crippen LogP contribution in [0.2, 0.25) is 0 Å². The predicted octanol–water partition coefficient (Wildman–Crippen LogP) is 3.79. The number of anilines is 1. The zero-order chi connectivity index (χ0) is 23.4. The van der Waals surface area contributed by atoms with Gasteiger partial charge in [0.05, 0.1) is 15.6 Å². The van der Waals surface area contributed by atoms with E-state index in [-0.39, 0.29) is 11.8 Å². The second-order valence-corrected chi connectivity index (χ2v) is 10.2. The zero-order valence-corrected chi connectivity index (χ0v) is 19.6. The molecule has 1 aliphatic heterocycles. The maximum atomic E-state index is 13.0. The third-order valence-corrected chi connectivity index (χ3v) is 8.14. The van der Waals surface area contributed by atoms with Crippen LogP contribution in [0.5, 0.6) is 0 Å². The summed E-state index contributed by atoms with van der Waals surface area (Å²) in [4.78, 5) is 29.2. The van der Waals surface area contributed by atoms with Crippen molar-refractivity contribution in [2.45, 2.75) is 30.6 Å². The molecule has 3 N–H and O–H groups in total. The summed E-state index contributed by atoms with van der Waals surface area (Å²) in [6, 6.07) is 16.4. The Labute approximate surface area is 198 Å². The molecule has 0 bridgehead atoms. The van der Waals surface area contributed by atoms with Crippen LogP contribution in [0.4, 0.5) is 5.69 Å². The second-order valence-electron chi connectivity index (χ2n) is 7.69. The van der Waals surface area contributed by atoms with Crippen molar-refractivity contribution in [2.75, 3.05) is 18.4 Å². The van der Waals surface area contributed by atoms with Gasteiger partial charge in [-0.3, -0.25) is 14.8 Å². The smallest absolute Gasteiger partial charge is 0.287 e. The third kappa shape index (κ3) is 5.36. The number of thiazole rings is 1. The summed E-state index contributed by atoms with van der Waals surface area (Å²) < 4.78 is 14.9. The summed E-state index contributed by atoms with van der Waals surface area (Å²) in [7, 11) is -1.29. The first-order valence-electron chi connectivity index (χ1n) is 10.5. The summed E-state index contributed by atoms with van der Waals surface area (Å²) in [5, 5.41) is 12.7. The quantitative estimate of drug-likeness (QED) is 0.364. The Morgan fingerprint density at radius 2 is 1.76 bits per heavy atom. The van der Waals surface area contributed by atoms with Crippen LogP contribution >= 0.6 is 11.3 Å². The summed E-state index contributed by atoms with van der Waals surface area (Å²) in [6.45, 7) is 2.71. The highest BCUT2D eigenvalue weighted by Gasteiger charge is 2.29. The van der Waals surface area contributed by atoms with Gasteiger partial charge in [0.15, 0.2) is 0 Å². The van der Waals surface area contributed by atoms with E-state index in [1.165, 1.54) is 18.3 Å². The summed E-state index contributed by atoms with van der Waals surface area (Å²) in [6.07, 6.45) is 1.52. The first kappa shape index (κ1) is 23.2. The molecule has 4 rings (SSSR count). The number of carbonyl (C=O) groups excluding carboxylic acids is 2. The average molecular weight is 485 g/mol. The molecule has 2 heterocycles. The SMILES string of the molecule is CC(=O)Nc1ccc(S(=O)N2CCC(c3nc(-c4ccccc4)c(C(=O)NO)s3)CC2)cc1. The van der Waals surface area contributed by atoms with Crippen molar-refractivity contribution in [3.63, 3.8) is 0 Å². The average Bonchev–Trinajstić information content (AvgIpc) is 3.29. The van der Waals surface area contributed by atoms with E-state index in [0.29, 0.717) is 34.2 Å². The molecule has 0 radical (unpaired) electrons. The fraction of sp³-hybridized carbons (Fsp3) is 0.261. The normalized spacial score (nSPS) is 15.7. The number of hydroxylamine groups is 1. The lowest BCUT2D eigenvalue weighted by molar-refractivity contribution is -0.114. The first-order valence-corrected chi connectivity index (χ1v) is 12.4. The number of nitrogens with one attached hydrogen (secondary N) is 2. The zero-order valence-electron chi connectivity index (χ0n) is 18.0. The number of benzene rings is 2. The lowest BCUT2D eigenvalue weighted by Crippen LogP contribution is -2.34. The molecule has 172 valence electrons. The minimum absolute atomic E-state index is 0.146. The van der Waals surface area contributed by atoms with Gasteiger partial charge in [-0.2, -0.15) is 0 Å². The minimum atomic E-state index is -1.29. The molecule has 0 spiro atoms. The van der Waals surface area contributed by atoms with Crippen LogP contribution < -0.4 is 10.8 Å². The van der Waals surface area contributed by atoms with Crippen LogP contribution in [0.3, 0.4) is 0 Å². The van der Waals surface area contributed by atoms with Crippen molar-refractivity contribution < 1.29 is 19.0 Å². The Bertz CT molecular complexity index is 1160. The molecule has 3 aromatic rings. The van der Waals surface area contributed by atoms with E-state index in [1.807, 2.05) is 34.6 Å². The molecular weight excluding hydrogens is 460 g/mol. The molecular formula is C23H24N4O4S2. The Balaban J connectivity index is 1.45. The van der Waals surface area contributed by atoms with Crippen LogP contribution in [0, 0.1) is 0 Å². The van der Waals surface area contributed by atoms with E-state index in [0.717, 1.165) is 23.4 Å². The Morgan fingerprint density at radius 1 is 1.09 bits per heavy atom. The molecule has 1 aromatic heterocycles. The van der Waals surface area contributed by atoms with Gasteiger partial charge in [0.1, 0.15) is 15.9 Å². The lowest BCUT2D eigenvalue weighted by Gasteiger charge is -2.29. The molecule has 33 heavy (non-hydrogen) atoms. The van der Waals surface area contributed by atoms with Gasteiger partial charge >= 0.3 is 0 Å². The molecule has 1 unspecified atom stereocenters. The highest BCUT2D eigenvalue weighted by Crippen LogP contribution is 2.37. The Morgan fingerprint density at radius 3 is 2.36 bits per heavy atom. The van der Waals surface area contributed by atoms with Crippen molar-refractivity contribution >= 4 is 39.8 Å². The number of aromatic nitrogens is 1. The topological polar surface area (TPSA) is 112 Å². The van der Waals surface area contributed by atoms with E-state index in [1.54, 1.807) is 29.7 Å². The molecule has 1 atom stereocenters. The van der Waals surface area contributed by atoms with Gasteiger partial charge in [0.25, 0.3) is 5.91 Å². The molecule has 0 aliphatic carbocycles. The van der Waals surface area contributed by atoms with E-state index in [2.05, 4.69) is 5.32 Å². The molecule has 0 saturated carbocycles. The van der Waals surface area contributed by atoms with Crippen LogP contribution in [0.15, 0.2) is 59.5 Å². The van der Waals surface area contributed by atoms with Crippen molar-refractivity contribution in [1.29, 1.82) is 0 Å². The minimum Gasteiger partial charge on any atom is -0.326 e. The summed E-state index contributed by atoms with van der Waals surface area (Å²) >= 11 is 1.29. The van der Waals surface area contributed by atoms with Gasteiger partial charge in [-0.15, -0.1) is 11.3 Å². The van der Waals surface area contributed by atoms with Gasteiger partial charge in [0.2, 0.25) is 5.91 Å². The number of amides is 2. The first-order chi connectivity index (χ1) is 16.0. The molecule has 8 nitrogen and oxygen atoms in total. The molecule has 2 aromatic carbocycles. The number of nitrogens with zero attached hydrogens (tertiary/aromatic N) is 2.